The Labute approximate surface area is 156 Å². The van der Waals surface area contributed by atoms with Crippen molar-refractivity contribution in [2.45, 2.75) is 24.2 Å². The molecule has 25 heavy (non-hydrogen) atoms. The Morgan fingerprint density at radius 2 is 2.04 bits per heavy atom. The second-order valence-corrected chi connectivity index (χ2v) is 8.49. The average molecular weight is 372 g/mol. The van der Waals surface area contributed by atoms with Crippen LogP contribution in [0.1, 0.15) is 18.7 Å². The molecule has 1 saturated carbocycles. The van der Waals surface area contributed by atoms with E-state index in [-0.39, 0.29) is 0 Å². The van der Waals surface area contributed by atoms with Crippen molar-refractivity contribution in [3.05, 3.63) is 41.5 Å². The first-order valence-corrected chi connectivity index (χ1v) is 10.5. The lowest BCUT2D eigenvalue weighted by atomic mass is 10.1. The van der Waals surface area contributed by atoms with Crippen LogP contribution in [0, 0.1) is 0 Å². The molecule has 1 N–H and O–H groups in total. The van der Waals surface area contributed by atoms with Crippen molar-refractivity contribution < 1.29 is 4.74 Å². The Hall–Kier alpha value is -1.63. The smallest absolute Gasteiger partial charge is 0.158 e. The molecule has 0 spiro atoms. The van der Waals surface area contributed by atoms with Gasteiger partial charge in [0.05, 0.1) is 5.39 Å². The first kappa shape index (κ1) is 16.8. The van der Waals surface area contributed by atoms with Gasteiger partial charge in [0, 0.05) is 29.3 Å². The molecule has 2 heterocycles. The molecule has 130 valence electrons. The quantitative estimate of drug-likeness (QED) is 0.646. The van der Waals surface area contributed by atoms with E-state index in [0.29, 0.717) is 11.4 Å². The van der Waals surface area contributed by atoms with Crippen LogP contribution in [0.4, 0.5) is 5.82 Å². The molecule has 1 fully saturated rings. The maximum Gasteiger partial charge on any atom is 0.158 e. The number of methoxy groups -OCH3 is 1. The predicted molar refractivity (Wildman–Crippen MR) is 108 cm³/mol. The highest BCUT2D eigenvalue weighted by molar-refractivity contribution is 8.00. The summed E-state index contributed by atoms with van der Waals surface area (Å²) in [5.74, 6) is 1.66. The summed E-state index contributed by atoms with van der Waals surface area (Å²) in [5, 5.41) is 6.91. The van der Waals surface area contributed by atoms with Gasteiger partial charge in [-0.1, -0.05) is 30.3 Å². The molecule has 0 unspecified atom stereocenters. The lowest BCUT2D eigenvalue weighted by Crippen LogP contribution is -2.18. The Morgan fingerprint density at radius 1 is 1.24 bits per heavy atom. The maximum atomic E-state index is 5.25. The molecule has 0 amide bonds. The van der Waals surface area contributed by atoms with Gasteiger partial charge in [-0.3, -0.25) is 0 Å². The molecular formula is C19H21N3OS2. The summed E-state index contributed by atoms with van der Waals surface area (Å²) in [4.78, 5) is 10.5. The second-order valence-electron chi connectivity index (χ2n) is 6.36. The fraction of sp³-hybridized carbons (Fsp3) is 0.368. The third-order valence-electron chi connectivity index (χ3n) is 4.66. The molecule has 1 aliphatic carbocycles. The summed E-state index contributed by atoms with van der Waals surface area (Å²) in [5.41, 5.74) is 2.40. The van der Waals surface area contributed by atoms with Gasteiger partial charge in [0.2, 0.25) is 0 Å². The number of ether oxygens (including phenoxy) is 1. The minimum Gasteiger partial charge on any atom is -0.377 e. The molecule has 0 atom stereocenters. The third kappa shape index (κ3) is 3.38. The zero-order chi connectivity index (χ0) is 17.3. The molecule has 3 aromatic rings. The van der Waals surface area contributed by atoms with E-state index in [2.05, 4.69) is 46.2 Å². The van der Waals surface area contributed by atoms with Crippen LogP contribution in [-0.4, -0.2) is 34.6 Å². The van der Waals surface area contributed by atoms with Crippen LogP contribution >= 0.6 is 23.1 Å². The standard InChI is InChI=1S/C19H21N3OS2/c1-23-10-15-21-17(20-12-19(24-2)8-9-19)16-14(11-25-18(16)22-15)13-6-4-3-5-7-13/h3-7,11H,8-10,12H2,1-2H3,(H,20,21,22). The minimum atomic E-state index is 0.377. The van der Waals surface area contributed by atoms with Crippen molar-refractivity contribution in [1.82, 2.24) is 9.97 Å². The van der Waals surface area contributed by atoms with Gasteiger partial charge in [-0.05, 0) is 24.7 Å². The van der Waals surface area contributed by atoms with Crippen molar-refractivity contribution in [3.8, 4) is 11.1 Å². The van der Waals surface area contributed by atoms with E-state index in [0.717, 1.165) is 28.4 Å². The molecular weight excluding hydrogens is 350 g/mol. The van der Waals surface area contributed by atoms with E-state index in [9.17, 15) is 0 Å². The van der Waals surface area contributed by atoms with E-state index in [4.69, 9.17) is 9.72 Å². The normalized spacial score (nSPS) is 15.4. The van der Waals surface area contributed by atoms with E-state index in [1.807, 2.05) is 17.8 Å². The second kappa shape index (κ2) is 6.94. The van der Waals surface area contributed by atoms with Crippen molar-refractivity contribution in [1.29, 1.82) is 0 Å². The Morgan fingerprint density at radius 3 is 2.72 bits per heavy atom. The summed E-state index contributed by atoms with van der Waals surface area (Å²) in [6.45, 7) is 1.37. The molecule has 0 saturated heterocycles. The fourth-order valence-electron chi connectivity index (χ4n) is 2.98. The van der Waals surface area contributed by atoms with Crippen molar-refractivity contribution in [3.63, 3.8) is 0 Å². The fourth-order valence-corrected chi connectivity index (χ4v) is 4.67. The molecule has 4 nitrogen and oxygen atoms in total. The van der Waals surface area contributed by atoms with Gasteiger partial charge >= 0.3 is 0 Å². The third-order valence-corrected chi connectivity index (χ3v) is 6.95. The van der Waals surface area contributed by atoms with Crippen molar-refractivity contribution in [2.75, 3.05) is 25.2 Å². The topological polar surface area (TPSA) is 47.0 Å². The zero-order valence-electron chi connectivity index (χ0n) is 14.4. The van der Waals surface area contributed by atoms with Crippen LogP contribution in [0.2, 0.25) is 0 Å². The van der Waals surface area contributed by atoms with Gasteiger partial charge in [0.15, 0.2) is 5.82 Å². The van der Waals surface area contributed by atoms with Crippen LogP contribution < -0.4 is 5.32 Å². The van der Waals surface area contributed by atoms with Crippen LogP contribution in [0.3, 0.4) is 0 Å². The number of hydrogen-bond acceptors (Lipinski definition) is 6. The minimum absolute atomic E-state index is 0.377. The Balaban J connectivity index is 1.77. The van der Waals surface area contributed by atoms with Crippen molar-refractivity contribution >= 4 is 39.1 Å². The van der Waals surface area contributed by atoms with E-state index < -0.39 is 0 Å². The van der Waals surface area contributed by atoms with Gasteiger partial charge in [0.25, 0.3) is 0 Å². The number of aromatic nitrogens is 2. The highest BCUT2D eigenvalue weighted by Crippen LogP contribution is 2.47. The number of thioether (sulfide) groups is 1. The highest BCUT2D eigenvalue weighted by Gasteiger charge is 2.41. The molecule has 6 heteroatoms. The molecule has 1 aromatic carbocycles. The number of nitrogens with zero attached hydrogens (tertiary/aromatic N) is 2. The van der Waals surface area contributed by atoms with Gasteiger partial charge < -0.3 is 10.1 Å². The van der Waals surface area contributed by atoms with Crippen LogP contribution in [0.25, 0.3) is 21.3 Å². The predicted octanol–water partition coefficient (Wildman–Crippen LogP) is 4.81. The van der Waals surface area contributed by atoms with Gasteiger partial charge in [-0.15, -0.1) is 11.3 Å². The van der Waals surface area contributed by atoms with E-state index >= 15 is 0 Å². The average Bonchev–Trinajstić information content (AvgIpc) is 3.31. The molecule has 0 bridgehead atoms. The number of fused-ring (bicyclic) bond motifs is 1. The lowest BCUT2D eigenvalue weighted by Gasteiger charge is -2.15. The Kier molecular flexibility index (Phi) is 4.67. The molecule has 4 rings (SSSR count). The van der Waals surface area contributed by atoms with Crippen LogP contribution in [0.15, 0.2) is 35.7 Å². The first-order valence-electron chi connectivity index (χ1n) is 8.36. The number of hydrogen-bond donors (Lipinski definition) is 1. The lowest BCUT2D eigenvalue weighted by molar-refractivity contribution is 0.178. The Bertz CT molecular complexity index is 875. The van der Waals surface area contributed by atoms with E-state index in [1.54, 1.807) is 18.4 Å². The summed E-state index contributed by atoms with van der Waals surface area (Å²) < 4.78 is 5.63. The number of anilines is 1. The van der Waals surface area contributed by atoms with Gasteiger partial charge in [-0.2, -0.15) is 11.8 Å². The molecule has 2 aromatic heterocycles. The van der Waals surface area contributed by atoms with Crippen LogP contribution in [0.5, 0.6) is 0 Å². The summed E-state index contributed by atoms with van der Waals surface area (Å²) in [7, 11) is 1.68. The SMILES string of the molecule is COCc1nc(NCC2(SC)CC2)c2c(-c3ccccc3)csc2n1. The molecule has 1 aliphatic rings. The van der Waals surface area contributed by atoms with Gasteiger partial charge in [-0.25, -0.2) is 9.97 Å². The largest absolute Gasteiger partial charge is 0.377 e. The number of thiophene rings is 1. The zero-order valence-corrected chi connectivity index (χ0v) is 16.0. The monoisotopic (exact) mass is 371 g/mol. The van der Waals surface area contributed by atoms with Crippen LogP contribution in [-0.2, 0) is 11.3 Å². The van der Waals surface area contributed by atoms with Crippen molar-refractivity contribution in [2.24, 2.45) is 0 Å². The maximum absolute atomic E-state index is 5.25. The van der Waals surface area contributed by atoms with Gasteiger partial charge in [0.1, 0.15) is 17.3 Å². The number of rotatable bonds is 7. The molecule has 0 aliphatic heterocycles. The number of nitrogens with one attached hydrogen (secondary N) is 1. The summed E-state index contributed by atoms with van der Waals surface area (Å²) in [6, 6.07) is 10.5. The highest BCUT2D eigenvalue weighted by atomic mass is 32.2. The first-order chi connectivity index (χ1) is 12.2. The summed E-state index contributed by atoms with van der Waals surface area (Å²) in [6.07, 6.45) is 4.74. The van der Waals surface area contributed by atoms with E-state index in [1.165, 1.54) is 24.0 Å². The summed E-state index contributed by atoms with van der Waals surface area (Å²) >= 11 is 3.62. The molecule has 0 radical (unpaired) electrons. The number of benzene rings is 1.